The number of nitrogens with one attached hydrogen (secondary N) is 1. The first kappa shape index (κ1) is 11.9. The van der Waals surface area contributed by atoms with Crippen LogP contribution in [0.25, 0.3) is 0 Å². The Bertz CT molecular complexity index is 366. The predicted molar refractivity (Wildman–Crippen MR) is 68.2 cm³/mol. The van der Waals surface area contributed by atoms with E-state index in [0.717, 1.165) is 25.1 Å². The summed E-state index contributed by atoms with van der Waals surface area (Å²) in [6, 6.07) is 10.3. The van der Waals surface area contributed by atoms with Gasteiger partial charge in [0.25, 0.3) is 0 Å². The SMILES string of the molecule is CC(C)N1CC[C@@H](Nc2ccccc2)N1C=O. The maximum absolute atomic E-state index is 11.2. The molecule has 1 aromatic rings. The molecule has 1 amide bonds. The second-order valence-electron chi connectivity index (χ2n) is 4.56. The normalized spacial score (nSPS) is 20.9. The molecule has 1 heterocycles. The lowest BCUT2D eigenvalue weighted by atomic mass is 10.3. The fourth-order valence-corrected chi connectivity index (χ4v) is 2.21. The molecular formula is C13H19N3O. The third kappa shape index (κ3) is 2.58. The molecule has 0 aliphatic carbocycles. The van der Waals surface area contributed by atoms with Crippen molar-refractivity contribution < 1.29 is 4.79 Å². The number of carbonyl (C=O) groups is 1. The standard InChI is InChI=1S/C13H19N3O/c1-11(2)15-9-8-13(16(15)10-17)14-12-6-4-3-5-7-12/h3-7,10-11,13-14H,8-9H2,1-2H3/t13-/m0/s1. The molecule has 0 radical (unpaired) electrons. The van der Waals surface area contributed by atoms with Gasteiger partial charge in [-0.25, -0.2) is 5.01 Å². The zero-order valence-electron chi connectivity index (χ0n) is 10.3. The summed E-state index contributed by atoms with van der Waals surface area (Å²) >= 11 is 0. The minimum absolute atomic E-state index is 0.0669. The maximum Gasteiger partial charge on any atom is 0.225 e. The zero-order valence-corrected chi connectivity index (χ0v) is 10.3. The average molecular weight is 233 g/mol. The smallest absolute Gasteiger partial charge is 0.225 e. The zero-order chi connectivity index (χ0) is 12.3. The van der Waals surface area contributed by atoms with Gasteiger partial charge in [-0.1, -0.05) is 18.2 Å². The van der Waals surface area contributed by atoms with E-state index >= 15 is 0 Å². The number of amides is 1. The van der Waals surface area contributed by atoms with Gasteiger partial charge in [0.05, 0.1) is 0 Å². The molecule has 17 heavy (non-hydrogen) atoms. The van der Waals surface area contributed by atoms with E-state index in [-0.39, 0.29) is 6.17 Å². The van der Waals surface area contributed by atoms with Crippen LogP contribution in [0, 0.1) is 0 Å². The minimum atomic E-state index is 0.0669. The molecule has 0 aromatic heterocycles. The lowest BCUT2D eigenvalue weighted by Gasteiger charge is -2.32. The number of anilines is 1. The van der Waals surface area contributed by atoms with Gasteiger partial charge < -0.3 is 5.32 Å². The fourth-order valence-electron chi connectivity index (χ4n) is 2.21. The molecule has 1 aromatic carbocycles. The Morgan fingerprint density at radius 3 is 2.65 bits per heavy atom. The third-order valence-electron chi connectivity index (χ3n) is 3.06. The molecule has 1 atom stereocenters. The van der Waals surface area contributed by atoms with Crippen molar-refractivity contribution in [2.24, 2.45) is 0 Å². The first-order valence-corrected chi connectivity index (χ1v) is 6.04. The summed E-state index contributed by atoms with van der Waals surface area (Å²) in [5.41, 5.74) is 1.05. The van der Waals surface area contributed by atoms with Crippen molar-refractivity contribution in [3.63, 3.8) is 0 Å². The van der Waals surface area contributed by atoms with Crippen molar-refractivity contribution in [2.75, 3.05) is 11.9 Å². The highest BCUT2D eigenvalue weighted by atomic mass is 16.2. The van der Waals surface area contributed by atoms with Crippen LogP contribution in [0.2, 0.25) is 0 Å². The summed E-state index contributed by atoms with van der Waals surface area (Å²) in [5, 5.41) is 7.23. The van der Waals surface area contributed by atoms with E-state index in [1.165, 1.54) is 0 Å². The van der Waals surface area contributed by atoms with Crippen molar-refractivity contribution in [3.05, 3.63) is 30.3 Å². The molecule has 1 aliphatic heterocycles. The number of hydrazine groups is 1. The molecule has 4 nitrogen and oxygen atoms in total. The molecule has 92 valence electrons. The van der Waals surface area contributed by atoms with Gasteiger partial charge in [0.2, 0.25) is 6.41 Å². The summed E-state index contributed by atoms with van der Waals surface area (Å²) in [4.78, 5) is 11.2. The quantitative estimate of drug-likeness (QED) is 0.807. The number of carbonyl (C=O) groups excluding carboxylic acids is 1. The maximum atomic E-state index is 11.2. The second kappa shape index (κ2) is 5.19. The number of nitrogens with zero attached hydrogens (tertiary/aromatic N) is 2. The van der Waals surface area contributed by atoms with E-state index in [4.69, 9.17) is 0 Å². The van der Waals surface area contributed by atoms with Crippen LogP contribution in [0.15, 0.2) is 30.3 Å². The lowest BCUT2D eigenvalue weighted by molar-refractivity contribution is -0.134. The molecular weight excluding hydrogens is 214 g/mol. The summed E-state index contributed by atoms with van der Waals surface area (Å²) < 4.78 is 0. The van der Waals surface area contributed by atoms with Gasteiger partial charge in [-0.15, -0.1) is 0 Å². The van der Waals surface area contributed by atoms with E-state index < -0.39 is 0 Å². The Labute approximate surface area is 102 Å². The highest BCUT2D eigenvalue weighted by molar-refractivity contribution is 5.51. The Morgan fingerprint density at radius 2 is 2.06 bits per heavy atom. The summed E-state index contributed by atoms with van der Waals surface area (Å²) in [6.07, 6.45) is 1.93. The highest BCUT2D eigenvalue weighted by Crippen LogP contribution is 2.21. The van der Waals surface area contributed by atoms with Gasteiger partial charge >= 0.3 is 0 Å². The van der Waals surface area contributed by atoms with Crippen LogP contribution < -0.4 is 5.32 Å². The van der Waals surface area contributed by atoms with E-state index in [0.29, 0.717) is 6.04 Å². The van der Waals surface area contributed by atoms with Crippen LogP contribution in [0.5, 0.6) is 0 Å². The molecule has 0 bridgehead atoms. The Balaban J connectivity index is 2.05. The molecule has 1 saturated heterocycles. The molecule has 0 unspecified atom stereocenters. The van der Waals surface area contributed by atoms with Crippen LogP contribution >= 0.6 is 0 Å². The first-order valence-electron chi connectivity index (χ1n) is 6.04. The van der Waals surface area contributed by atoms with Crippen LogP contribution in [0.3, 0.4) is 0 Å². The van der Waals surface area contributed by atoms with Crippen molar-refractivity contribution >= 4 is 12.1 Å². The molecule has 1 fully saturated rings. The largest absolute Gasteiger partial charge is 0.364 e. The fraction of sp³-hybridized carbons (Fsp3) is 0.462. The second-order valence-corrected chi connectivity index (χ2v) is 4.56. The minimum Gasteiger partial charge on any atom is -0.364 e. The number of hydrogen-bond acceptors (Lipinski definition) is 3. The topological polar surface area (TPSA) is 35.6 Å². The Kier molecular flexibility index (Phi) is 3.64. The summed E-state index contributed by atoms with van der Waals surface area (Å²) in [7, 11) is 0. The average Bonchev–Trinajstić information content (AvgIpc) is 2.73. The van der Waals surface area contributed by atoms with Gasteiger partial charge in [0.15, 0.2) is 0 Å². The lowest BCUT2D eigenvalue weighted by Crippen LogP contribution is -2.46. The van der Waals surface area contributed by atoms with E-state index in [1.807, 2.05) is 30.3 Å². The number of benzene rings is 1. The summed E-state index contributed by atoms with van der Waals surface area (Å²) in [5.74, 6) is 0. The van der Waals surface area contributed by atoms with Gasteiger partial charge in [0.1, 0.15) is 6.17 Å². The van der Waals surface area contributed by atoms with Crippen molar-refractivity contribution in [1.29, 1.82) is 0 Å². The van der Waals surface area contributed by atoms with E-state index in [9.17, 15) is 4.79 Å². The molecule has 4 heteroatoms. The third-order valence-corrected chi connectivity index (χ3v) is 3.06. The predicted octanol–water partition coefficient (Wildman–Crippen LogP) is 1.91. The van der Waals surface area contributed by atoms with Crippen LogP contribution in [-0.2, 0) is 4.79 Å². The molecule has 0 spiro atoms. The van der Waals surface area contributed by atoms with Crippen LogP contribution in [0.4, 0.5) is 5.69 Å². The van der Waals surface area contributed by atoms with Gasteiger partial charge in [0, 0.05) is 24.7 Å². The Morgan fingerprint density at radius 1 is 1.35 bits per heavy atom. The first-order chi connectivity index (χ1) is 8.22. The summed E-state index contributed by atoms with van der Waals surface area (Å²) in [6.45, 7) is 5.11. The van der Waals surface area contributed by atoms with Crippen molar-refractivity contribution in [1.82, 2.24) is 10.0 Å². The number of rotatable bonds is 4. The molecule has 1 N–H and O–H groups in total. The number of hydrogen-bond donors (Lipinski definition) is 1. The van der Waals surface area contributed by atoms with E-state index in [1.54, 1.807) is 5.01 Å². The van der Waals surface area contributed by atoms with Crippen LogP contribution in [0.1, 0.15) is 20.3 Å². The van der Waals surface area contributed by atoms with Crippen LogP contribution in [-0.4, -0.2) is 35.2 Å². The molecule has 1 aliphatic rings. The van der Waals surface area contributed by atoms with Crippen molar-refractivity contribution in [2.45, 2.75) is 32.5 Å². The van der Waals surface area contributed by atoms with Gasteiger partial charge in [-0.3, -0.25) is 9.80 Å². The van der Waals surface area contributed by atoms with Gasteiger partial charge in [-0.2, -0.15) is 0 Å². The van der Waals surface area contributed by atoms with Crippen molar-refractivity contribution in [3.8, 4) is 0 Å². The van der Waals surface area contributed by atoms with Gasteiger partial charge in [-0.05, 0) is 26.0 Å². The molecule has 2 rings (SSSR count). The monoisotopic (exact) mass is 233 g/mol. The number of para-hydroxylation sites is 1. The molecule has 0 saturated carbocycles. The highest BCUT2D eigenvalue weighted by Gasteiger charge is 2.31. The Hall–Kier alpha value is -1.55. The van der Waals surface area contributed by atoms with E-state index in [2.05, 4.69) is 24.2 Å².